The average molecular weight is 536 g/mol. The largest absolute Gasteiger partial charge is 0.302 e. The van der Waals surface area contributed by atoms with Crippen LogP contribution in [-0.2, 0) is 14.6 Å². The number of amides is 1. The molecule has 0 bridgehead atoms. The van der Waals surface area contributed by atoms with Gasteiger partial charge in [0, 0.05) is 25.6 Å². The van der Waals surface area contributed by atoms with Crippen LogP contribution >= 0.6 is 23.7 Å². The summed E-state index contributed by atoms with van der Waals surface area (Å²) in [5.41, 5.74) is -0.0454. The van der Waals surface area contributed by atoms with Gasteiger partial charge in [0.2, 0.25) is 5.91 Å². The van der Waals surface area contributed by atoms with Gasteiger partial charge in [0.1, 0.15) is 17.2 Å². The van der Waals surface area contributed by atoms with Gasteiger partial charge in [0.05, 0.1) is 15.3 Å². The molecule has 6 nitrogen and oxygen atoms in total. The van der Waals surface area contributed by atoms with Crippen molar-refractivity contribution in [3.63, 3.8) is 0 Å². The van der Waals surface area contributed by atoms with Crippen molar-refractivity contribution < 1.29 is 26.4 Å². The molecule has 0 radical (unpaired) electrons. The molecule has 0 saturated carbocycles. The molecule has 0 spiro atoms. The van der Waals surface area contributed by atoms with E-state index in [-0.39, 0.29) is 45.6 Å². The van der Waals surface area contributed by atoms with Crippen molar-refractivity contribution in [2.24, 2.45) is 0 Å². The predicted molar refractivity (Wildman–Crippen MR) is 130 cm³/mol. The van der Waals surface area contributed by atoms with Crippen LogP contribution in [0.4, 0.5) is 18.3 Å². The average Bonchev–Trinajstić information content (AvgIpc) is 3.19. The summed E-state index contributed by atoms with van der Waals surface area (Å²) in [5, 5.41) is 0.172. The SMILES string of the molecule is CCN(CC)CCN(C(=O)CCS(=O)(=O)c1ccc(F)cc1)c1nc2c(F)cc(F)cc2s1.Cl. The predicted octanol–water partition coefficient (Wildman–Crippen LogP) is 4.67. The fraction of sp³-hybridized carbons (Fsp3) is 0.364. The van der Waals surface area contributed by atoms with Gasteiger partial charge in [-0.1, -0.05) is 25.2 Å². The number of halogens is 4. The van der Waals surface area contributed by atoms with Gasteiger partial charge in [-0.05, 0) is 43.4 Å². The molecule has 0 aliphatic heterocycles. The second-order valence-electron chi connectivity index (χ2n) is 7.33. The van der Waals surface area contributed by atoms with E-state index in [1.807, 2.05) is 13.8 Å². The number of fused-ring (bicyclic) bond motifs is 1. The minimum Gasteiger partial charge on any atom is -0.302 e. The Hall–Kier alpha value is -2.21. The molecule has 1 amide bonds. The Balaban J connectivity index is 0.00000408. The van der Waals surface area contributed by atoms with Gasteiger partial charge < -0.3 is 4.90 Å². The van der Waals surface area contributed by atoms with E-state index in [2.05, 4.69) is 9.88 Å². The number of hydrogen-bond donors (Lipinski definition) is 0. The first-order valence-electron chi connectivity index (χ1n) is 10.4. The van der Waals surface area contributed by atoms with Crippen molar-refractivity contribution in [2.75, 3.05) is 36.8 Å². The Morgan fingerprint density at radius 1 is 1.00 bits per heavy atom. The maximum absolute atomic E-state index is 14.2. The van der Waals surface area contributed by atoms with Gasteiger partial charge in [-0.3, -0.25) is 9.69 Å². The lowest BCUT2D eigenvalue weighted by Gasteiger charge is -2.24. The number of benzene rings is 2. The molecule has 0 aliphatic carbocycles. The molecule has 0 atom stereocenters. The van der Waals surface area contributed by atoms with Crippen molar-refractivity contribution >= 4 is 54.8 Å². The number of rotatable bonds is 10. The molecule has 0 unspecified atom stereocenters. The third-order valence-electron chi connectivity index (χ3n) is 5.23. The molecular weight excluding hydrogens is 511 g/mol. The van der Waals surface area contributed by atoms with E-state index < -0.39 is 38.9 Å². The minimum atomic E-state index is -3.82. The lowest BCUT2D eigenvalue weighted by Crippen LogP contribution is -2.39. The molecule has 0 aliphatic rings. The highest BCUT2D eigenvalue weighted by molar-refractivity contribution is 7.91. The van der Waals surface area contributed by atoms with Gasteiger partial charge in [-0.15, -0.1) is 12.4 Å². The van der Waals surface area contributed by atoms with E-state index in [1.165, 1.54) is 4.90 Å². The van der Waals surface area contributed by atoms with Gasteiger partial charge in [0.25, 0.3) is 0 Å². The van der Waals surface area contributed by atoms with E-state index in [4.69, 9.17) is 0 Å². The van der Waals surface area contributed by atoms with E-state index >= 15 is 0 Å². The smallest absolute Gasteiger partial charge is 0.229 e. The number of carbonyl (C=O) groups is 1. The summed E-state index contributed by atoms with van der Waals surface area (Å²) in [6, 6.07) is 6.25. The number of sulfone groups is 1. The Labute approximate surface area is 206 Å². The van der Waals surface area contributed by atoms with Crippen molar-refractivity contribution in [1.82, 2.24) is 9.88 Å². The molecule has 0 N–H and O–H groups in total. The topological polar surface area (TPSA) is 70.6 Å². The normalized spacial score (nSPS) is 11.6. The van der Waals surface area contributed by atoms with E-state index in [0.717, 1.165) is 60.8 Å². The fourth-order valence-corrected chi connectivity index (χ4v) is 5.56. The molecule has 0 fully saturated rings. The first kappa shape index (κ1) is 28.0. The summed E-state index contributed by atoms with van der Waals surface area (Å²) in [4.78, 5) is 20.6. The zero-order valence-corrected chi connectivity index (χ0v) is 21.1. The summed E-state index contributed by atoms with van der Waals surface area (Å²) in [5.74, 6) is -3.13. The second-order valence-corrected chi connectivity index (χ2v) is 10.4. The maximum Gasteiger partial charge on any atom is 0.229 e. The zero-order chi connectivity index (χ0) is 24.2. The van der Waals surface area contributed by atoms with Crippen molar-refractivity contribution in [3.8, 4) is 0 Å². The van der Waals surface area contributed by atoms with E-state index in [9.17, 15) is 26.4 Å². The van der Waals surface area contributed by atoms with Crippen LogP contribution in [-0.4, -0.2) is 56.1 Å². The Morgan fingerprint density at radius 3 is 2.26 bits per heavy atom. The van der Waals surface area contributed by atoms with Crippen LogP contribution in [0.2, 0.25) is 0 Å². The number of hydrogen-bond acceptors (Lipinski definition) is 6. The third-order valence-corrected chi connectivity index (χ3v) is 7.98. The van der Waals surface area contributed by atoms with Crippen molar-refractivity contribution in [1.29, 1.82) is 0 Å². The molecule has 1 aromatic heterocycles. The Morgan fingerprint density at radius 2 is 1.65 bits per heavy atom. The summed E-state index contributed by atoms with van der Waals surface area (Å²) in [6.45, 7) is 6.15. The highest BCUT2D eigenvalue weighted by Gasteiger charge is 2.24. The zero-order valence-electron chi connectivity index (χ0n) is 18.6. The number of aromatic nitrogens is 1. The van der Waals surface area contributed by atoms with Crippen LogP contribution in [0.3, 0.4) is 0 Å². The van der Waals surface area contributed by atoms with Gasteiger partial charge in [-0.25, -0.2) is 26.6 Å². The number of thiazole rings is 1. The van der Waals surface area contributed by atoms with Gasteiger partial charge in [0.15, 0.2) is 20.8 Å². The van der Waals surface area contributed by atoms with Crippen LogP contribution in [0.15, 0.2) is 41.3 Å². The Bertz CT molecular complexity index is 1230. The van der Waals surface area contributed by atoms with E-state index in [1.54, 1.807) is 0 Å². The molecule has 34 heavy (non-hydrogen) atoms. The lowest BCUT2D eigenvalue weighted by atomic mass is 10.3. The standard InChI is InChI=1S/C22H24F3N3O3S2.ClH/c1-3-27(4-2)10-11-28(22-26-21-18(25)13-16(24)14-19(21)32-22)20(29)9-12-33(30,31)17-7-5-15(23)6-8-17;/h5-8,13-14H,3-4,9-12H2,1-2H3;1H. The highest BCUT2D eigenvalue weighted by Crippen LogP contribution is 2.31. The maximum atomic E-state index is 14.2. The number of anilines is 1. The summed E-state index contributed by atoms with van der Waals surface area (Å²) >= 11 is 0.965. The van der Waals surface area contributed by atoms with Crippen molar-refractivity contribution in [3.05, 3.63) is 53.8 Å². The molecule has 186 valence electrons. The van der Waals surface area contributed by atoms with Gasteiger partial charge in [-0.2, -0.15) is 0 Å². The monoisotopic (exact) mass is 535 g/mol. The fourth-order valence-electron chi connectivity index (χ4n) is 3.29. The molecule has 3 aromatic rings. The van der Waals surface area contributed by atoms with Crippen LogP contribution in [0, 0.1) is 17.5 Å². The molecular formula is C22H25ClF3N3O3S2. The Kier molecular flexibility index (Phi) is 9.86. The quantitative estimate of drug-likeness (QED) is 0.353. The van der Waals surface area contributed by atoms with Gasteiger partial charge >= 0.3 is 0 Å². The molecule has 12 heteroatoms. The van der Waals surface area contributed by atoms with E-state index in [0.29, 0.717) is 6.54 Å². The lowest BCUT2D eigenvalue weighted by molar-refractivity contribution is -0.118. The molecule has 2 aromatic carbocycles. The van der Waals surface area contributed by atoms with Crippen molar-refractivity contribution in [2.45, 2.75) is 25.2 Å². The molecule has 0 saturated heterocycles. The first-order valence-corrected chi connectivity index (χ1v) is 12.9. The number of likely N-dealkylation sites (N-methyl/N-ethyl adjacent to an activating group) is 1. The van der Waals surface area contributed by atoms with Crippen LogP contribution in [0.5, 0.6) is 0 Å². The number of carbonyl (C=O) groups excluding carboxylic acids is 1. The summed E-state index contributed by atoms with van der Waals surface area (Å²) < 4.78 is 66.3. The summed E-state index contributed by atoms with van der Waals surface area (Å²) in [6.07, 6.45) is -0.343. The summed E-state index contributed by atoms with van der Waals surface area (Å²) in [7, 11) is -3.82. The van der Waals surface area contributed by atoms with Crippen LogP contribution in [0.25, 0.3) is 10.2 Å². The molecule has 3 rings (SSSR count). The highest BCUT2D eigenvalue weighted by atomic mass is 35.5. The van der Waals surface area contributed by atoms with Crippen LogP contribution < -0.4 is 4.90 Å². The van der Waals surface area contributed by atoms with Crippen LogP contribution in [0.1, 0.15) is 20.3 Å². The molecule has 1 heterocycles. The second kappa shape index (κ2) is 12.0. The third kappa shape index (κ3) is 6.68. The first-order chi connectivity index (χ1) is 15.6. The minimum absolute atomic E-state index is 0. The number of nitrogens with zero attached hydrogens (tertiary/aromatic N) is 3.